The molecule has 0 aliphatic rings. The number of carbonyl (C=O) groups excluding carboxylic acids is 1. The fraction of sp³-hybridized carbons (Fsp3) is 0.250. The van der Waals surface area contributed by atoms with Gasteiger partial charge in [-0.2, -0.15) is 0 Å². The Hall–Kier alpha value is 0.254. The van der Waals surface area contributed by atoms with Gasteiger partial charge in [-0.05, 0) is 12.7 Å². The molecular weight excluding hydrogens is 112 g/mol. The van der Waals surface area contributed by atoms with Crippen molar-refractivity contribution in [1.82, 2.24) is 0 Å². The molecule has 1 nitrogen and oxygen atoms in total. The van der Waals surface area contributed by atoms with Crippen LogP contribution in [0, 0.1) is 14.4 Å². The zero-order valence-electron chi connectivity index (χ0n) is 4.12. The molecule has 0 rings (SSSR count). The van der Waals surface area contributed by atoms with E-state index in [2.05, 4.69) is 6.92 Å². The minimum atomic E-state index is -0.0833. The van der Waals surface area contributed by atoms with Crippen LogP contribution in [-0.4, -0.2) is 5.78 Å². The summed E-state index contributed by atoms with van der Waals surface area (Å²) in [6, 6.07) is 0. The van der Waals surface area contributed by atoms with Crippen LogP contribution >= 0.6 is 0 Å². The zero-order valence-corrected chi connectivity index (χ0v) is 5.68. The summed E-state index contributed by atoms with van der Waals surface area (Å²) in [5, 5.41) is 0. The molecule has 0 aromatic carbocycles. The van der Waals surface area contributed by atoms with Gasteiger partial charge in [-0.25, -0.2) is 0 Å². The Bertz CT molecular complexity index is 30.5. The van der Waals surface area contributed by atoms with Crippen molar-refractivity contribution in [1.29, 1.82) is 0 Å². The van der Waals surface area contributed by atoms with Crippen LogP contribution in [0.3, 0.4) is 0 Å². The van der Waals surface area contributed by atoms with Crippen molar-refractivity contribution in [2.24, 2.45) is 0 Å². The number of rotatable bonds is 0. The van der Waals surface area contributed by atoms with E-state index < -0.39 is 0 Å². The van der Waals surface area contributed by atoms with Gasteiger partial charge in [0.1, 0.15) is 0 Å². The van der Waals surface area contributed by atoms with Gasteiger partial charge in [-0.1, -0.05) is 0 Å². The molecule has 0 unspecified atom stereocenters. The van der Waals surface area contributed by atoms with E-state index in [4.69, 9.17) is 0 Å². The van der Waals surface area contributed by atoms with E-state index in [1.807, 2.05) is 0 Å². The molecule has 0 saturated heterocycles. The van der Waals surface area contributed by atoms with Crippen molar-refractivity contribution < 1.29 is 26.5 Å². The minimum absolute atomic E-state index is 0. The second-order valence-corrected chi connectivity index (χ2v) is 0.702. The molecule has 0 aliphatic heterocycles. The van der Waals surface area contributed by atoms with Gasteiger partial charge in [0.2, 0.25) is 0 Å². The van der Waals surface area contributed by atoms with Crippen molar-refractivity contribution in [3.05, 3.63) is 14.4 Å². The standard InChI is InChI=1S/C3H5O.CH3.Ti/c1-3(2)4;;/h1H2,2H3;1H3;/q2*-1;+2. The second kappa shape index (κ2) is 8.98. The number of Topliss-reactive ketones (excluding diaryl/α,β-unsaturated/α-hetero) is 1. The summed E-state index contributed by atoms with van der Waals surface area (Å²) in [6.45, 7) is 4.42. The smallest absolute Gasteiger partial charge is 0.358 e. The first-order valence-corrected chi connectivity index (χ1v) is 1.06. The normalized spacial score (nSPS) is 4.17. The van der Waals surface area contributed by atoms with Gasteiger partial charge in [-0.3, -0.25) is 0 Å². The van der Waals surface area contributed by atoms with Crippen LogP contribution < -0.4 is 0 Å². The summed E-state index contributed by atoms with van der Waals surface area (Å²) in [7, 11) is 0. The molecule has 34 valence electrons. The number of hydrogen-bond donors (Lipinski definition) is 0. The first-order valence-electron chi connectivity index (χ1n) is 1.06. The minimum Gasteiger partial charge on any atom is -0.358 e. The van der Waals surface area contributed by atoms with E-state index in [-0.39, 0.29) is 34.9 Å². The molecule has 0 N–H and O–H groups in total. The molecule has 0 bridgehead atoms. The van der Waals surface area contributed by atoms with Gasteiger partial charge in [-0.15, -0.1) is 0 Å². The molecule has 6 heavy (non-hydrogen) atoms. The predicted molar refractivity (Wildman–Crippen MR) is 22.5 cm³/mol. The summed E-state index contributed by atoms with van der Waals surface area (Å²) >= 11 is 0. The maximum Gasteiger partial charge on any atom is 2.00 e. The van der Waals surface area contributed by atoms with Gasteiger partial charge in [0, 0.05) is 0 Å². The summed E-state index contributed by atoms with van der Waals surface area (Å²) in [5.74, 6) is -0.0833. The van der Waals surface area contributed by atoms with Gasteiger partial charge in [0.05, 0.1) is 0 Å². The maximum absolute atomic E-state index is 9.33. The first-order chi connectivity index (χ1) is 1.73. The fourth-order valence-electron chi connectivity index (χ4n) is 0. The summed E-state index contributed by atoms with van der Waals surface area (Å²) in [5.41, 5.74) is 0. The molecule has 0 amide bonds. The molecule has 0 atom stereocenters. The predicted octanol–water partition coefficient (Wildman–Crippen LogP) is 0.857. The molecule has 0 heterocycles. The van der Waals surface area contributed by atoms with Gasteiger partial charge in [0.15, 0.2) is 0 Å². The largest absolute Gasteiger partial charge is 2.00 e. The van der Waals surface area contributed by atoms with E-state index in [0.29, 0.717) is 0 Å². The summed E-state index contributed by atoms with van der Waals surface area (Å²) in [4.78, 5) is 9.33. The third-order valence-electron chi connectivity index (χ3n) is 0. The van der Waals surface area contributed by atoms with E-state index in [1.54, 1.807) is 0 Å². The molecule has 0 saturated carbocycles. The van der Waals surface area contributed by atoms with E-state index in [0.717, 1.165) is 0 Å². The van der Waals surface area contributed by atoms with Gasteiger partial charge >= 0.3 is 21.7 Å². The van der Waals surface area contributed by atoms with Crippen LogP contribution in [-0.2, 0) is 26.5 Å². The fourth-order valence-corrected chi connectivity index (χ4v) is 0. The van der Waals surface area contributed by atoms with Crippen LogP contribution in [0.2, 0.25) is 0 Å². The van der Waals surface area contributed by atoms with Crippen LogP contribution in [0.4, 0.5) is 0 Å². The number of hydrogen-bond acceptors (Lipinski definition) is 1. The Morgan fingerprint density at radius 3 is 1.67 bits per heavy atom. The number of carbonyl (C=O) groups is 1. The van der Waals surface area contributed by atoms with E-state index in [9.17, 15) is 4.79 Å². The average molecular weight is 120 g/mol. The van der Waals surface area contributed by atoms with Crippen molar-refractivity contribution in [3.63, 3.8) is 0 Å². The van der Waals surface area contributed by atoms with Crippen LogP contribution in [0.5, 0.6) is 0 Å². The monoisotopic (exact) mass is 120 g/mol. The van der Waals surface area contributed by atoms with Gasteiger partial charge < -0.3 is 19.1 Å². The Kier molecular flexibility index (Phi) is 24.4. The second-order valence-electron chi connectivity index (χ2n) is 0.702. The van der Waals surface area contributed by atoms with E-state index >= 15 is 0 Å². The molecule has 0 radical (unpaired) electrons. The van der Waals surface area contributed by atoms with Crippen molar-refractivity contribution in [2.45, 2.75) is 6.92 Å². The average Bonchev–Trinajstić information content (AvgIpc) is 0.811. The number of ketones is 1. The quantitative estimate of drug-likeness (QED) is 0.342. The van der Waals surface area contributed by atoms with E-state index in [1.165, 1.54) is 6.92 Å². The SMILES string of the molecule is [CH2-]C(C)=O.[CH3-].[Ti+2]. The van der Waals surface area contributed by atoms with Crippen LogP contribution in [0.1, 0.15) is 6.92 Å². The van der Waals surface area contributed by atoms with Crippen LogP contribution in [0.25, 0.3) is 0 Å². The Morgan fingerprint density at radius 1 is 1.67 bits per heavy atom. The van der Waals surface area contributed by atoms with Crippen molar-refractivity contribution in [2.75, 3.05) is 0 Å². The Balaban J connectivity index is -0.0000000450. The molecule has 0 aromatic heterocycles. The first kappa shape index (κ1) is 16.3. The molecule has 0 aliphatic carbocycles. The molecular formula is C4H8OTi. The van der Waals surface area contributed by atoms with Crippen molar-refractivity contribution in [3.8, 4) is 0 Å². The molecule has 0 spiro atoms. The summed E-state index contributed by atoms with van der Waals surface area (Å²) in [6.07, 6.45) is 0. The third-order valence-corrected chi connectivity index (χ3v) is 0. The molecule has 2 heteroatoms. The zero-order chi connectivity index (χ0) is 3.58. The van der Waals surface area contributed by atoms with Crippen LogP contribution in [0.15, 0.2) is 0 Å². The van der Waals surface area contributed by atoms with Crippen molar-refractivity contribution >= 4 is 5.78 Å². The molecule has 0 aromatic rings. The third kappa shape index (κ3) is 697. The van der Waals surface area contributed by atoms with Gasteiger partial charge in [0.25, 0.3) is 0 Å². The topological polar surface area (TPSA) is 17.1 Å². The Labute approximate surface area is 54.0 Å². The Morgan fingerprint density at radius 2 is 1.67 bits per heavy atom. The molecule has 0 fully saturated rings. The summed E-state index contributed by atoms with van der Waals surface area (Å²) < 4.78 is 0. The maximum atomic E-state index is 9.33.